The number of carbonyl (C=O) groups excluding carboxylic acids is 1. The van der Waals surface area contributed by atoms with E-state index in [2.05, 4.69) is 18.8 Å². The van der Waals surface area contributed by atoms with Gasteiger partial charge in [0, 0.05) is 5.69 Å². The molecule has 1 fully saturated rings. The molecule has 4 nitrogen and oxygen atoms in total. The minimum absolute atomic E-state index is 0.373. The average molecular weight is 480 g/mol. The van der Waals surface area contributed by atoms with Gasteiger partial charge in [-0.1, -0.05) is 84.5 Å². The molecule has 1 aliphatic carbocycles. The van der Waals surface area contributed by atoms with Gasteiger partial charge < -0.3 is 9.47 Å². The first kappa shape index (κ1) is 27.2. The summed E-state index contributed by atoms with van der Waals surface area (Å²) in [4.78, 5) is 17.0. The molecule has 1 aromatic heterocycles. The minimum Gasteiger partial charge on any atom is -0.494 e. The zero-order valence-corrected chi connectivity index (χ0v) is 22.0. The summed E-state index contributed by atoms with van der Waals surface area (Å²) in [6, 6.07) is 11.0. The maximum Gasteiger partial charge on any atom is 0.343 e. The van der Waals surface area contributed by atoms with Gasteiger partial charge in [-0.05, 0) is 67.5 Å². The summed E-state index contributed by atoms with van der Waals surface area (Å²) in [6.45, 7) is 5.11. The van der Waals surface area contributed by atoms with Crippen molar-refractivity contribution in [2.45, 2.75) is 104 Å². The molecular formula is C31H45NO3. The Hall–Kier alpha value is -2.36. The lowest BCUT2D eigenvalue weighted by atomic mass is 9.78. The van der Waals surface area contributed by atoms with Crippen LogP contribution in [0.2, 0.25) is 0 Å². The van der Waals surface area contributed by atoms with E-state index < -0.39 is 0 Å². The highest BCUT2D eigenvalue weighted by atomic mass is 16.5. The Bertz CT molecular complexity index is 839. The molecule has 0 saturated heterocycles. The largest absolute Gasteiger partial charge is 0.494 e. The van der Waals surface area contributed by atoms with Crippen molar-refractivity contribution in [1.29, 1.82) is 0 Å². The number of ether oxygens (including phenoxy) is 2. The third kappa shape index (κ3) is 10.0. The third-order valence-electron chi connectivity index (χ3n) is 7.36. The molecule has 1 heterocycles. The summed E-state index contributed by atoms with van der Waals surface area (Å²) in [6.07, 6.45) is 20.0. The van der Waals surface area contributed by atoms with E-state index in [0.29, 0.717) is 17.9 Å². The summed E-state index contributed by atoms with van der Waals surface area (Å²) in [7, 11) is 0. The molecule has 2 aromatic rings. The van der Waals surface area contributed by atoms with Crippen molar-refractivity contribution >= 4 is 5.97 Å². The lowest BCUT2D eigenvalue weighted by molar-refractivity contribution is 0.0734. The molecule has 0 atom stereocenters. The molecule has 1 saturated carbocycles. The zero-order valence-electron chi connectivity index (χ0n) is 22.0. The summed E-state index contributed by atoms with van der Waals surface area (Å²) < 4.78 is 11.2. The standard InChI is InChI=1S/C31H45NO3/c1-3-5-7-8-9-10-25-11-13-26(14-12-25)15-18-28-19-22-30(24-32-28)35-31(33)27-16-20-29(21-17-27)34-23-6-4-2/h16-17,19-22,24-26H,3-15,18,23H2,1-2H3/t25-,26-. The van der Waals surface area contributed by atoms with Crippen molar-refractivity contribution in [2.24, 2.45) is 11.8 Å². The molecule has 0 radical (unpaired) electrons. The number of nitrogens with zero attached hydrogens (tertiary/aromatic N) is 1. The SMILES string of the molecule is CCCCCCC[C@H]1CC[C@H](CCc2ccc(OC(=O)c3ccc(OCCCC)cc3)cn2)CC1. The van der Waals surface area contributed by atoms with Crippen LogP contribution < -0.4 is 9.47 Å². The number of benzene rings is 1. The van der Waals surface area contributed by atoms with Crippen LogP contribution in [0.5, 0.6) is 11.5 Å². The van der Waals surface area contributed by atoms with Crippen molar-refractivity contribution in [3.63, 3.8) is 0 Å². The average Bonchev–Trinajstić information content (AvgIpc) is 2.89. The van der Waals surface area contributed by atoms with Gasteiger partial charge in [-0.15, -0.1) is 0 Å². The van der Waals surface area contributed by atoms with Crippen LogP contribution in [0.3, 0.4) is 0 Å². The Morgan fingerprint density at radius 2 is 1.46 bits per heavy atom. The van der Waals surface area contributed by atoms with Crippen LogP contribution in [0.4, 0.5) is 0 Å². The lowest BCUT2D eigenvalue weighted by Gasteiger charge is -2.28. The van der Waals surface area contributed by atoms with Crippen LogP contribution in [-0.4, -0.2) is 17.6 Å². The molecule has 35 heavy (non-hydrogen) atoms. The van der Waals surface area contributed by atoms with Gasteiger partial charge in [-0.25, -0.2) is 4.79 Å². The highest BCUT2D eigenvalue weighted by molar-refractivity contribution is 5.91. The Kier molecular flexibility index (Phi) is 12.1. The Labute approximate surface area is 212 Å². The molecule has 1 aromatic carbocycles. The number of hydrogen-bond donors (Lipinski definition) is 0. The van der Waals surface area contributed by atoms with Crippen LogP contribution in [0.25, 0.3) is 0 Å². The molecule has 0 unspecified atom stereocenters. The molecule has 0 amide bonds. The van der Waals surface area contributed by atoms with Crippen LogP contribution >= 0.6 is 0 Å². The summed E-state index contributed by atoms with van der Waals surface area (Å²) >= 11 is 0. The van der Waals surface area contributed by atoms with Crippen LogP contribution in [0.15, 0.2) is 42.6 Å². The smallest absolute Gasteiger partial charge is 0.343 e. The lowest BCUT2D eigenvalue weighted by Crippen LogP contribution is -2.15. The van der Waals surface area contributed by atoms with Crippen molar-refractivity contribution < 1.29 is 14.3 Å². The number of esters is 1. The van der Waals surface area contributed by atoms with Gasteiger partial charge in [0.1, 0.15) is 11.5 Å². The van der Waals surface area contributed by atoms with E-state index in [9.17, 15) is 4.79 Å². The summed E-state index contributed by atoms with van der Waals surface area (Å²) in [5, 5.41) is 0. The monoisotopic (exact) mass is 479 g/mol. The van der Waals surface area contributed by atoms with E-state index in [-0.39, 0.29) is 5.97 Å². The first-order chi connectivity index (χ1) is 17.2. The number of aromatic nitrogens is 1. The Balaban J connectivity index is 1.34. The Morgan fingerprint density at radius 1 is 0.800 bits per heavy atom. The fourth-order valence-corrected chi connectivity index (χ4v) is 5.00. The predicted octanol–water partition coefficient (Wildman–Crippen LogP) is 8.58. The van der Waals surface area contributed by atoms with Gasteiger partial charge in [0.05, 0.1) is 18.4 Å². The van der Waals surface area contributed by atoms with Gasteiger partial charge in [0.2, 0.25) is 0 Å². The van der Waals surface area contributed by atoms with E-state index >= 15 is 0 Å². The molecule has 0 spiro atoms. The predicted molar refractivity (Wildman–Crippen MR) is 143 cm³/mol. The molecule has 0 aliphatic heterocycles. The number of carbonyl (C=O) groups is 1. The third-order valence-corrected chi connectivity index (χ3v) is 7.36. The fraction of sp³-hybridized carbons (Fsp3) is 0.613. The molecular weight excluding hydrogens is 434 g/mol. The molecule has 3 rings (SSSR count). The van der Waals surface area contributed by atoms with E-state index in [1.807, 2.05) is 24.3 Å². The van der Waals surface area contributed by atoms with Crippen molar-refractivity contribution in [3.8, 4) is 11.5 Å². The maximum atomic E-state index is 12.5. The van der Waals surface area contributed by atoms with E-state index in [4.69, 9.17) is 9.47 Å². The topological polar surface area (TPSA) is 48.4 Å². The van der Waals surface area contributed by atoms with Gasteiger partial charge in [-0.3, -0.25) is 4.98 Å². The second kappa shape index (κ2) is 15.6. The van der Waals surface area contributed by atoms with E-state index in [1.165, 1.54) is 70.6 Å². The summed E-state index contributed by atoms with van der Waals surface area (Å²) in [5.41, 5.74) is 1.59. The van der Waals surface area contributed by atoms with Crippen LogP contribution in [0, 0.1) is 11.8 Å². The first-order valence-corrected chi connectivity index (χ1v) is 14.1. The number of rotatable bonds is 15. The quantitative estimate of drug-likeness (QED) is 0.190. The van der Waals surface area contributed by atoms with Crippen molar-refractivity contribution in [2.75, 3.05) is 6.61 Å². The molecule has 4 heteroatoms. The molecule has 0 N–H and O–H groups in total. The van der Waals surface area contributed by atoms with Gasteiger partial charge >= 0.3 is 5.97 Å². The zero-order chi connectivity index (χ0) is 24.7. The highest BCUT2D eigenvalue weighted by Gasteiger charge is 2.21. The second-order valence-electron chi connectivity index (χ2n) is 10.2. The van der Waals surface area contributed by atoms with Crippen molar-refractivity contribution in [1.82, 2.24) is 4.98 Å². The second-order valence-corrected chi connectivity index (χ2v) is 10.2. The first-order valence-electron chi connectivity index (χ1n) is 14.1. The number of unbranched alkanes of at least 4 members (excludes halogenated alkanes) is 5. The summed E-state index contributed by atoms with van der Waals surface area (Å²) in [5.74, 6) is 2.68. The normalized spacial score (nSPS) is 17.8. The Morgan fingerprint density at radius 3 is 2.11 bits per heavy atom. The maximum absolute atomic E-state index is 12.5. The van der Waals surface area contributed by atoms with Gasteiger partial charge in [-0.2, -0.15) is 0 Å². The number of hydrogen-bond acceptors (Lipinski definition) is 4. The van der Waals surface area contributed by atoms with E-state index in [0.717, 1.165) is 42.5 Å². The highest BCUT2D eigenvalue weighted by Crippen LogP contribution is 2.34. The van der Waals surface area contributed by atoms with Crippen LogP contribution in [0.1, 0.15) is 113 Å². The number of pyridine rings is 1. The van der Waals surface area contributed by atoms with E-state index in [1.54, 1.807) is 18.3 Å². The minimum atomic E-state index is -0.373. The van der Waals surface area contributed by atoms with Crippen LogP contribution in [-0.2, 0) is 6.42 Å². The fourth-order valence-electron chi connectivity index (χ4n) is 5.00. The molecule has 0 bridgehead atoms. The van der Waals surface area contributed by atoms with Gasteiger partial charge in [0.25, 0.3) is 0 Å². The number of aryl methyl sites for hydroxylation is 1. The molecule has 192 valence electrons. The molecule has 1 aliphatic rings. The van der Waals surface area contributed by atoms with Crippen molar-refractivity contribution in [3.05, 3.63) is 53.9 Å². The van der Waals surface area contributed by atoms with Gasteiger partial charge in [0.15, 0.2) is 0 Å².